The van der Waals surface area contributed by atoms with Crippen LogP contribution >= 0.6 is 0 Å². The minimum absolute atomic E-state index is 0.112. The number of furan rings is 1. The van der Waals surface area contributed by atoms with Crippen LogP contribution < -0.4 is 16.0 Å². The van der Waals surface area contributed by atoms with E-state index < -0.39 is 11.9 Å². The Kier molecular flexibility index (Phi) is 8.10. The third-order valence-electron chi connectivity index (χ3n) is 6.42. The predicted molar refractivity (Wildman–Crippen MR) is 134 cm³/mol. The summed E-state index contributed by atoms with van der Waals surface area (Å²) in [5.41, 5.74) is 2.48. The van der Waals surface area contributed by atoms with Crippen LogP contribution in [0, 0.1) is 12.8 Å². The molecule has 1 saturated carbocycles. The highest BCUT2D eigenvalue weighted by atomic mass is 16.4. The summed E-state index contributed by atoms with van der Waals surface area (Å²) in [5.74, 6) is -0.254. The molecular weight excluding hydrogens is 458 g/mol. The molecule has 0 saturated heterocycles. The van der Waals surface area contributed by atoms with Gasteiger partial charge in [-0.2, -0.15) is 0 Å². The minimum Gasteiger partial charge on any atom is -0.449 e. The van der Waals surface area contributed by atoms with Crippen LogP contribution in [0.15, 0.2) is 53.1 Å². The van der Waals surface area contributed by atoms with Crippen molar-refractivity contribution in [3.8, 4) is 11.5 Å². The van der Waals surface area contributed by atoms with Crippen molar-refractivity contribution in [3.63, 3.8) is 0 Å². The van der Waals surface area contributed by atoms with Crippen LogP contribution in [0.2, 0.25) is 0 Å². The quantitative estimate of drug-likeness (QED) is 0.445. The Hall–Kier alpha value is -4.01. The van der Waals surface area contributed by atoms with E-state index in [4.69, 9.17) is 4.42 Å². The Morgan fingerprint density at radius 2 is 1.86 bits per heavy atom. The Labute approximate surface area is 210 Å². The van der Waals surface area contributed by atoms with Crippen LogP contribution in [0.25, 0.3) is 11.5 Å². The summed E-state index contributed by atoms with van der Waals surface area (Å²) in [5, 5.41) is 8.38. The topological polar surface area (TPSA) is 126 Å². The van der Waals surface area contributed by atoms with E-state index in [1.165, 1.54) is 0 Å². The largest absolute Gasteiger partial charge is 0.449 e. The van der Waals surface area contributed by atoms with Gasteiger partial charge in [0.1, 0.15) is 17.4 Å². The first kappa shape index (κ1) is 25.1. The van der Waals surface area contributed by atoms with E-state index in [1.807, 2.05) is 13.0 Å². The van der Waals surface area contributed by atoms with E-state index in [0.717, 1.165) is 43.4 Å². The highest BCUT2D eigenvalue weighted by molar-refractivity contribution is 5.96. The molecule has 1 aliphatic carbocycles. The smallest absolute Gasteiger partial charge is 0.287 e. The molecule has 0 spiro atoms. The number of aryl methyl sites for hydroxylation is 1. The van der Waals surface area contributed by atoms with Crippen LogP contribution in [0.5, 0.6) is 0 Å². The fourth-order valence-corrected chi connectivity index (χ4v) is 4.49. The molecule has 0 unspecified atom stereocenters. The summed E-state index contributed by atoms with van der Waals surface area (Å²) in [4.78, 5) is 46.3. The van der Waals surface area contributed by atoms with Crippen LogP contribution in [-0.4, -0.2) is 40.8 Å². The molecule has 3 aromatic rings. The standard InChI is InChI=1S/C27H31N5O4/c1-17-7-6-10-20(31-17)25(33)30-16-18-13-14-29-21(15-18)22-11-12-23(36-22)26(34)32-24(27(35)28-2)19-8-4-3-5-9-19/h6-7,10-15,19,24H,3-5,8-9,16H2,1-2H3,(H,28,35)(H,30,33)(H,32,34)/t24-/m0/s1. The normalized spacial score (nSPS) is 14.6. The van der Waals surface area contributed by atoms with Crippen molar-refractivity contribution < 1.29 is 18.8 Å². The fraction of sp³-hybridized carbons (Fsp3) is 0.370. The minimum atomic E-state index is -0.593. The second kappa shape index (κ2) is 11.6. The van der Waals surface area contributed by atoms with Gasteiger partial charge in [-0.3, -0.25) is 19.4 Å². The van der Waals surface area contributed by atoms with Gasteiger partial charge in [0.15, 0.2) is 11.5 Å². The zero-order chi connectivity index (χ0) is 25.5. The van der Waals surface area contributed by atoms with Crippen molar-refractivity contribution >= 4 is 17.7 Å². The summed E-state index contributed by atoms with van der Waals surface area (Å²) in [6.45, 7) is 2.12. The van der Waals surface area contributed by atoms with Crippen molar-refractivity contribution in [2.75, 3.05) is 7.05 Å². The molecule has 3 amide bonds. The molecule has 4 rings (SSSR count). The number of rotatable bonds is 8. The second-order valence-electron chi connectivity index (χ2n) is 9.02. The maximum absolute atomic E-state index is 12.9. The number of likely N-dealkylation sites (N-methyl/N-ethyl adjacent to an activating group) is 1. The molecule has 1 aliphatic rings. The second-order valence-corrected chi connectivity index (χ2v) is 9.02. The first-order valence-corrected chi connectivity index (χ1v) is 12.2. The summed E-state index contributed by atoms with van der Waals surface area (Å²) in [6.07, 6.45) is 6.72. The molecule has 9 nitrogen and oxygen atoms in total. The Bertz CT molecular complexity index is 1230. The highest BCUT2D eigenvalue weighted by Crippen LogP contribution is 2.27. The molecule has 188 valence electrons. The summed E-state index contributed by atoms with van der Waals surface area (Å²) in [7, 11) is 1.58. The van der Waals surface area contributed by atoms with E-state index in [1.54, 1.807) is 49.6 Å². The highest BCUT2D eigenvalue weighted by Gasteiger charge is 2.31. The zero-order valence-corrected chi connectivity index (χ0v) is 20.5. The number of pyridine rings is 2. The maximum atomic E-state index is 12.9. The SMILES string of the molecule is CNC(=O)[C@@H](NC(=O)c1ccc(-c2cc(CNC(=O)c3cccc(C)n3)ccn2)o1)C1CCCCC1. The van der Waals surface area contributed by atoms with Crippen molar-refractivity contribution in [2.45, 2.75) is 51.6 Å². The first-order chi connectivity index (χ1) is 17.4. The van der Waals surface area contributed by atoms with E-state index in [0.29, 0.717) is 17.1 Å². The van der Waals surface area contributed by atoms with Crippen LogP contribution in [0.1, 0.15) is 64.4 Å². The van der Waals surface area contributed by atoms with Crippen LogP contribution in [0.3, 0.4) is 0 Å². The summed E-state index contributed by atoms with van der Waals surface area (Å²) >= 11 is 0. The molecule has 0 aliphatic heterocycles. The maximum Gasteiger partial charge on any atom is 0.287 e. The van der Waals surface area contributed by atoms with Gasteiger partial charge in [0, 0.05) is 25.5 Å². The first-order valence-electron chi connectivity index (χ1n) is 12.2. The van der Waals surface area contributed by atoms with E-state index >= 15 is 0 Å². The van der Waals surface area contributed by atoms with Crippen molar-refractivity contribution in [1.82, 2.24) is 25.9 Å². The molecular formula is C27H31N5O4. The molecule has 3 heterocycles. The molecule has 3 aromatic heterocycles. The molecule has 0 aromatic carbocycles. The van der Waals surface area contributed by atoms with Gasteiger partial charge in [0.05, 0.1) is 0 Å². The molecule has 9 heteroatoms. The van der Waals surface area contributed by atoms with Gasteiger partial charge in [-0.1, -0.05) is 25.3 Å². The number of carbonyl (C=O) groups excluding carboxylic acids is 3. The van der Waals surface area contributed by atoms with Gasteiger partial charge in [-0.15, -0.1) is 0 Å². The lowest BCUT2D eigenvalue weighted by molar-refractivity contribution is -0.124. The average molecular weight is 490 g/mol. The van der Waals surface area contributed by atoms with Gasteiger partial charge < -0.3 is 20.4 Å². The van der Waals surface area contributed by atoms with E-state index in [2.05, 4.69) is 25.9 Å². The third kappa shape index (κ3) is 6.16. The predicted octanol–water partition coefficient (Wildman–Crippen LogP) is 3.40. The number of nitrogens with one attached hydrogen (secondary N) is 3. The number of hydrogen-bond donors (Lipinski definition) is 3. The Morgan fingerprint density at radius 3 is 2.61 bits per heavy atom. The van der Waals surface area contributed by atoms with Gasteiger partial charge >= 0.3 is 0 Å². The van der Waals surface area contributed by atoms with Gasteiger partial charge in [-0.25, -0.2) is 4.98 Å². The molecule has 0 radical (unpaired) electrons. The fourth-order valence-electron chi connectivity index (χ4n) is 4.49. The Balaban J connectivity index is 1.41. The van der Waals surface area contributed by atoms with Crippen LogP contribution in [0.4, 0.5) is 0 Å². The zero-order valence-electron chi connectivity index (χ0n) is 20.5. The van der Waals surface area contributed by atoms with Crippen molar-refractivity contribution in [3.05, 3.63) is 71.4 Å². The number of aromatic nitrogens is 2. The molecule has 3 N–H and O–H groups in total. The average Bonchev–Trinajstić information content (AvgIpc) is 3.41. The number of carbonyl (C=O) groups is 3. The van der Waals surface area contributed by atoms with E-state index in [9.17, 15) is 14.4 Å². The lowest BCUT2D eigenvalue weighted by Crippen LogP contribution is -2.50. The molecule has 36 heavy (non-hydrogen) atoms. The molecule has 1 fully saturated rings. The van der Waals surface area contributed by atoms with Crippen molar-refractivity contribution in [2.24, 2.45) is 5.92 Å². The summed E-state index contributed by atoms with van der Waals surface area (Å²) < 4.78 is 5.79. The number of hydrogen-bond acceptors (Lipinski definition) is 6. The number of nitrogens with zero attached hydrogens (tertiary/aromatic N) is 2. The molecule has 0 bridgehead atoms. The third-order valence-corrected chi connectivity index (χ3v) is 6.42. The number of amides is 3. The van der Waals surface area contributed by atoms with Gasteiger partial charge in [-0.05, 0) is 67.6 Å². The van der Waals surface area contributed by atoms with Gasteiger partial charge in [0.2, 0.25) is 5.91 Å². The van der Waals surface area contributed by atoms with Crippen LogP contribution in [-0.2, 0) is 11.3 Å². The van der Waals surface area contributed by atoms with E-state index in [-0.39, 0.29) is 30.0 Å². The Morgan fingerprint density at radius 1 is 1.06 bits per heavy atom. The lowest BCUT2D eigenvalue weighted by atomic mass is 9.83. The lowest BCUT2D eigenvalue weighted by Gasteiger charge is -2.29. The van der Waals surface area contributed by atoms with Gasteiger partial charge in [0.25, 0.3) is 11.8 Å². The summed E-state index contributed by atoms with van der Waals surface area (Å²) in [6, 6.07) is 11.5. The van der Waals surface area contributed by atoms with Crippen molar-refractivity contribution in [1.29, 1.82) is 0 Å². The molecule has 1 atom stereocenters. The monoisotopic (exact) mass is 489 g/mol.